The summed E-state index contributed by atoms with van der Waals surface area (Å²) in [6.45, 7) is 3.02. The van der Waals surface area contributed by atoms with Gasteiger partial charge in [-0.25, -0.2) is 4.39 Å². The molecule has 1 amide bonds. The van der Waals surface area contributed by atoms with Crippen molar-refractivity contribution in [3.05, 3.63) is 34.1 Å². The number of β-amino-alcohol motifs (C(OH)–C–C–N with tert-alkyl or cyclic N) is 1. The smallest absolute Gasteiger partial charge is 0.240 e. The van der Waals surface area contributed by atoms with E-state index in [9.17, 15) is 14.3 Å². The predicted octanol–water partition coefficient (Wildman–Crippen LogP) is 1.66. The maximum absolute atomic E-state index is 13.8. The Balaban J connectivity index is 2.08. The van der Waals surface area contributed by atoms with Gasteiger partial charge in [-0.3, -0.25) is 4.79 Å². The first-order valence-electron chi connectivity index (χ1n) is 6.65. The zero-order chi connectivity index (χ0) is 14.7. The van der Waals surface area contributed by atoms with Crippen molar-refractivity contribution in [2.75, 3.05) is 13.1 Å². The molecule has 1 aliphatic heterocycles. The van der Waals surface area contributed by atoms with Gasteiger partial charge in [-0.2, -0.15) is 0 Å². The Bertz CT molecular complexity index is 498. The first kappa shape index (κ1) is 15.4. The fourth-order valence-electron chi connectivity index (χ4n) is 2.34. The molecule has 0 spiro atoms. The van der Waals surface area contributed by atoms with Gasteiger partial charge in [0.2, 0.25) is 5.91 Å². The minimum absolute atomic E-state index is 0.0941. The van der Waals surface area contributed by atoms with Crippen molar-refractivity contribution in [1.82, 2.24) is 10.2 Å². The fraction of sp³-hybridized carbons (Fsp3) is 0.500. The Hall–Kier alpha value is -0.980. The normalized spacial score (nSPS) is 22.0. The highest BCUT2D eigenvalue weighted by molar-refractivity contribution is 9.10. The molecule has 1 aliphatic rings. The third-order valence-electron chi connectivity index (χ3n) is 3.47. The molecule has 4 nitrogen and oxygen atoms in total. The van der Waals surface area contributed by atoms with Crippen molar-refractivity contribution in [3.63, 3.8) is 0 Å². The zero-order valence-electron chi connectivity index (χ0n) is 11.3. The molecular formula is C14H18BrFN2O2. The number of carbonyl (C=O) groups is 1. The molecule has 1 heterocycles. The van der Waals surface area contributed by atoms with E-state index in [2.05, 4.69) is 21.2 Å². The van der Waals surface area contributed by atoms with Crippen LogP contribution in [0.5, 0.6) is 0 Å². The molecule has 2 unspecified atom stereocenters. The number of aliphatic hydroxyl groups is 1. The second kappa shape index (κ2) is 6.65. The Morgan fingerprint density at radius 2 is 2.35 bits per heavy atom. The number of nitrogens with zero attached hydrogens (tertiary/aromatic N) is 1. The van der Waals surface area contributed by atoms with Crippen molar-refractivity contribution < 1.29 is 14.3 Å². The lowest BCUT2D eigenvalue weighted by molar-refractivity contribution is -0.133. The lowest BCUT2D eigenvalue weighted by Gasteiger charge is -2.24. The largest absolute Gasteiger partial charge is 0.392 e. The molecule has 1 saturated heterocycles. The van der Waals surface area contributed by atoms with Crippen molar-refractivity contribution in [3.8, 4) is 0 Å². The van der Waals surface area contributed by atoms with Gasteiger partial charge in [0.1, 0.15) is 5.82 Å². The van der Waals surface area contributed by atoms with Crippen LogP contribution in [0.3, 0.4) is 0 Å². The molecule has 2 N–H and O–H groups in total. The van der Waals surface area contributed by atoms with Crippen LogP contribution in [0.25, 0.3) is 0 Å². The lowest BCUT2D eigenvalue weighted by atomic mass is 10.1. The summed E-state index contributed by atoms with van der Waals surface area (Å²) in [5.41, 5.74) is 0.480. The first-order chi connectivity index (χ1) is 9.51. The van der Waals surface area contributed by atoms with E-state index in [0.29, 0.717) is 25.1 Å². The van der Waals surface area contributed by atoms with Gasteiger partial charge < -0.3 is 15.3 Å². The number of aliphatic hydroxyl groups excluding tert-OH is 1. The maximum Gasteiger partial charge on any atom is 0.240 e. The Labute approximate surface area is 126 Å². The number of rotatable bonds is 4. The number of halogens is 2. The molecule has 0 aliphatic carbocycles. The molecule has 0 saturated carbocycles. The molecule has 0 bridgehead atoms. The average Bonchev–Trinajstić information content (AvgIpc) is 2.85. The van der Waals surface area contributed by atoms with Crippen LogP contribution in [-0.4, -0.2) is 41.1 Å². The molecular weight excluding hydrogens is 327 g/mol. The van der Waals surface area contributed by atoms with Crippen molar-refractivity contribution in [2.24, 2.45) is 0 Å². The third-order valence-corrected chi connectivity index (χ3v) is 3.96. The van der Waals surface area contributed by atoms with Crippen LogP contribution >= 0.6 is 15.9 Å². The molecule has 1 fully saturated rings. The van der Waals surface area contributed by atoms with Gasteiger partial charge in [0.05, 0.1) is 12.1 Å². The summed E-state index contributed by atoms with van der Waals surface area (Å²) in [4.78, 5) is 13.9. The topological polar surface area (TPSA) is 52.6 Å². The molecule has 0 aromatic heterocycles. The minimum atomic E-state index is -0.481. The summed E-state index contributed by atoms with van der Waals surface area (Å²) in [7, 11) is 0. The summed E-state index contributed by atoms with van der Waals surface area (Å²) in [5.74, 6) is -0.415. The maximum atomic E-state index is 13.8. The SMILES string of the molecule is CCN(Cc1cc(Br)ccc1F)C(=O)C1CC(O)CN1. The average molecular weight is 345 g/mol. The summed E-state index contributed by atoms with van der Waals surface area (Å²) >= 11 is 3.30. The van der Waals surface area contributed by atoms with Crippen LogP contribution < -0.4 is 5.32 Å². The van der Waals surface area contributed by atoms with Gasteiger partial charge in [-0.1, -0.05) is 15.9 Å². The van der Waals surface area contributed by atoms with Crippen LogP contribution in [0.15, 0.2) is 22.7 Å². The van der Waals surface area contributed by atoms with Crippen molar-refractivity contribution in [1.29, 1.82) is 0 Å². The quantitative estimate of drug-likeness (QED) is 0.873. The van der Waals surface area contributed by atoms with E-state index in [1.165, 1.54) is 6.07 Å². The van der Waals surface area contributed by atoms with E-state index in [4.69, 9.17) is 0 Å². The van der Waals surface area contributed by atoms with Gasteiger partial charge in [-0.05, 0) is 31.5 Å². The molecule has 6 heteroatoms. The minimum Gasteiger partial charge on any atom is -0.392 e. The Kier molecular flexibility index (Phi) is 5.12. The number of nitrogens with one attached hydrogen (secondary N) is 1. The molecule has 2 atom stereocenters. The van der Waals surface area contributed by atoms with E-state index in [-0.39, 0.29) is 24.3 Å². The van der Waals surface area contributed by atoms with Crippen LogP contribution in [0, 0.1) is 5.82 Å². The molecule has 0 radical (unpaired) electrons. The van der Waals surface area contributed by atoms with E-state index in [0.717, 1.165) is 4.47 Å². The van der Waals surface area contributed by atoms with Crippen molar-refractivity contribution in [2.45, 2.75) is 32.0 Å². The zero-order valence-corrected chi connectivity index (χ0v) is 12.9. The molecule has 1 aromatic carbocycles. The number of hydrogen-bond donors (Lipinski definition) is 2. The number of hydrogen-bond acceptors (Lipinski definition) is 3. The van der Waals surface area contributed by atoms with E-state index in [1.807, 2.05) is 6.92 Å². The Morgan fingerprint density at radius 3 is 2.95 bits per heavy atom. The second-order valence-corrected chi connectivity index (χ2v) is 5.85. The highest BCUT2D eigenvalue weighted by atomic mass is 79.9. The van der Waals surface area contributed by atoms with Gasteiger partial charge in [0.25, 0.3) is 0 Å². The summed E-state index contributed by atoms with van der Waals surface area (Å²) in [6, 6.07) is 4.32. The predicted molar refractivity (Wildman–Crippen MR) is 77.6 cm³/mol. The monoisotopic (exact) mass is 344 g/mol. The molecule has 1 aromatic rings. The second-order valence-electron chi connectivity index (χ2n) is 4.94. The van der Waals surface area contributed by atoms with Crippen LogP contribution in [0.2, 0.25) is 0 Å². The highest BCUT2D eigenvalue weighted by Gasteiger charge is 2.31. The van der Waals surface area contributed by atoms with Crippen LogP contribution in [0.1, 0.15) is 18.9 Å². The van der Waals surface area contributed by atoms with Gasteiger partial charge >= 0.3 is 0 Å². The van der Waals surface area contributed by atoms with Crippen LogP contribution in [0.4, 0.5) is 4.39 Å². The van der Waals surface area contributed by atoms with Crippen molar-refractivity contribution >= 4 is 21.8 Å². The van der Waals surface area contributed by atoms with E-state index in [1.54, 1.807) is 17.0 Å². The third kappa shape index (κ3) is 3.56. The molecule has 2 rings (SSSR count). The first-order valence-corrected chi connectivity index (χ1v) is 7.44. The fourth-order valence-corrected chi connectivity index (χ4v) is 2.75. The summed E-state index contributed by atoms with van der Waals surface area (Å²) in [6.07, 6.45) is -0.0682. The number of carbonyl (C=O) groups excluding carboxylic acids is 1. The van der Waals surface area contributed by atoms with Gasteiger partial charge in [0, 0.05) is 29.7 Å². The standard InChI is InChI=1S/C14H18BrFN2O2/c1-2-18(14(20)13-6-11(19)7-17-13)8-9-5-10(15)3-4-12(9)16/h3-5,11,13,17,19H,2,6-8H2,1H3. The molecule has 20 heavy (non-hydrogen) atoms. The lowest BCUT2D eigenvalue weighted by Crippen LogP contribution is -2.43. The number of amides is 1. The van der Waals surface area contributed by atoms with Gasteiger partial charge in [0.15, 0.2) is 0 Å². The van der Waals surface area contributed by atoms with Crippen LogP contribution in [-0.2, 0) is 11.3 Å². The summed E-state index contributed by atoms with van der Waals surface area (Å²) in [5, 5.41) is 12.5. The van der Waals surface area contributed by atoms with E-state index >= 15 is 0 Å². The Morgan fingerprint density at radius 1 is 1.60 bits per heavy atom. The number of likely N-dealkylation sites (N-methyl/N-ethyl adjacent to an activating group) is 1. The number of benzene rings is 1. The van der Waals surface area contributed by atoms with E-state index < -0.39 is 6.10 Å². The molecule has 110 valence electrons. The van der Waals surface area contributed by atoms with Gasteiger partial charge in [-0.15, -0.1) is 0 Å². The summed E-state index contributed by atoms with van der Waals surface area (Å²) < 4.78 is 14.5. The highest BCUT2D eigenvalue weighted by Crippen LogP contribution is 2.18.